The molecule has 1 aliphatic carbocycles. The SMILES string of the molecule is CC(=O)c1cccc(OCC(=O)OCC(=O)NC(=O)NC2CCCCC2)c1. The van der Waals surface area contributed by atoms with Crippen molar-refractivity contribution in [2.75, 3.05) is 13.2 Å². The molecule has 0 heterocycles. The predicted molar refractivity (Wildman–Crippen MR) is 96.4 cm³/mol. The van der Waals surface area contributed by atoms with Gasteiger partial charge in [-0.05, 0) is 31.9 Å². The lowest BCUT2D eigenvalue weighted by Gasteiger charge is -2.22. The highest BCUT2D eigenvalue weighted by molar-refractivity contribution is 5.95. The molecule has 1 aromatic rings. The second-order valence-corrected chi connectivity index (χ2v) is 6.39. The van der Waals surface area contributed by atoms with Crippen LogP contribution in [0.15, 0.2) is 24.3 Å². The van der Waals surface area contributed by atoms with Gasteiger partial charge < -0.3 is 14.8 Å². The summed E-state index contributed by atoms with van der Waals surface area (Å²) >= 11 is 0. The molecule has 3 amide bonds. The molecule has 0 aromatic heterocycles. The summed E-state index contributed by atoms with van der Waals surface area (Å²) in [7, 11) is 0. The molecule has 1 aliphatic rings. The minimum Gasteiger partial charge on any atom is -0.482 e. The van der Waals surface area contributed by atoms with Crippen molar-refractivity contribution in [3.63, 3.8) is 0 Å². The zero-order valence-electron chi connectivity index (χ0n) is 15.3. The van der Waals surface area contributed by atoms with E-state index in [9.17, 15) is 19.2 Å². The maximum atomic E-state index is 11.7. The van der Waals surface area contributed by atoms with Crippen LogP contribution >= 0.6 is 0 Å². The third-order valence-electron chi connectivity index (χ3n) is 4.15. The average Bonchev–Trinajstić information content (AvgIpc) is 2.65. The van der Waals surface area contributed by atoms with E-state index in [4.69, 9.17) is 9.47 Å². The zero-order chi connectivity index (χ0) is 19.6. The minimum absolute atomic E-state index is 0.0771. The molecule has 0 spiro atoms. The van der Waals surface area contributed by atoms with Gasteiger partial charge >= 0.3 is 12.0 Å². The molecule has 0 radical (unpaired) electrons. The predicted octanol–water partition coefficient (Wildman–Crippen LogP) is 1.97. The topological polar surface area (TPSA) is 111 Å². The summed E-state index contributed by atoms with van der Waals surface area (Å²) in [6.07, 6.45) is 5.09. The van der Waals surface area contributed by atoms with E-state index in [1.165, 1.54) is 13.0 Å². The maximum absolute atomic E-state index is 11.7. The van der Waals surface area contributed by atoms with E-state index in [0.29, 0.717) is 11.3 Å². The normalized spacial score (nSPS) is 14.1. The summed E-state index contributed by atoms with van der Waals surface area (Å²) in [6.45, 7) is 0.438. The van der Waals surface area contributed by atoms with E-state index in [1.807, 2.05) is 0 Å². The lowest BCUT2D eigenvalue weighted by molar-refractivity contribution is -0.150. The number of esters is 1. The molecule has 0 aliphatic heterocycles. The van der Waals surface area contributed by atoms with E-state index in [2.05, 4.69) is 10.6 Å². The second kappa shape index (κ2) is 10.3. The highest BCUT2D eigenvalue weighted by atomic mass is 16.6. The number of amides is 3. The third kappa shape index (κ3) is 7.47. The molecule has 0 bridgehead atoms. The van der Waals surface area contributed by atoms with Crippen LogP contribution in [0.2, 0.25) is 0 Å². The summed E-state index contributed by atoms with van der Waals surface area (Å²) in [5, 5.41) is 4.87. The van der Waals surface area contributed by atoms with Gasteiger partial charge in [-0.3, -0.25) is 14.9 Å². The molecule has 0 saturated heterocycles. The monoisotopic (exact) mass is 376 g/mol. The number of imide groups is 1. The van der Waals surface area contributed by atoms with Gasteiger partial charge in [0.15, 0.2) is 19.0 Å². The summed E-state index contributed by atoms with van der Waals surface area (Å²) in [5.41, 5.74) is 0.462. The number of carbonyl (C=O) groups excluding carboxylic acids is 4. The Bertz CT molecular complexity index is 697. The summed E-state index contributed by atoms with van der Waals surface area (Å²) < 4.78 is 10.0. The van der Waals surface area contributed by atoms with E-state index in [1.54, 1.807) is 18.2 Å². The summed E-state index contributed by atoms with van der Waals surface area (Å²) in [6, 6.07) is 5.87. The Labute approximate surface area is 157 Å². The lowest BCUT2D eigenvalue weighted by atomic mass is 9.96. The van der Waals surface area contributed by atoms with Crippen LogP contribution in [0, 0.1) is 0 Å². The Morgan fingerprint density at radius 3 is 2.52 bits per heavy atom. The molecule has 1 fully saturated rings. The number of hydrogen-bond donors (Lipinski definition) is 2. The van der Waals surface area contributed by atoms with Crippen molar-refractivity contribution in [2.24, 2.45) is 0 Å². The number of urea groups is 1. The van der Waals surface area contributed by atoms with Gasteiger partial charge in [0.25, 0.3) is 5.91 Å². The van der Waals surface area contributed by atoms with Crippen LogP contribution in [0.3, 0.4) is 0 Å². The van der Waals surface area contributed by atoms with E-state index in [0.717, 1.165) is 32.1 Å². The van der Waals surface area contributed by atoms with Crippen molar-refractivity contribution in [1.29, 1.82) is 0 Å². The zero-order valence-corrected chi connectivity index (χ0v) is 15.3. The van der Waals surface area contributed by atoms with E-state index >= 15 is 0 Å². The van der Waals surface area contributed by atoms with Crippen LogP contribution in [0.5, 0.6) is 5.75 Å². The van der Waals surface area contributed by atoms with Gasteiger partial charge in [-0.1, -0.05) is 31.4 Å². The molecule has 2 rings (SSSR count). The first-order valence-electron chi connectivity index (χ1n) is 8.94. The van der Waals surface area contributed by atoms with E-state index < -0.39 is 31.1 Å². The van der Waals surface area contributed by atoms with Gasteiger partial charge in [-0.25, -0.2) is 9.59 Å². The standard InChI is InChI=1S/C19H24N2O6/c1-13(22)14-6-5-9-16(10-14)26-12-18(24)27-11-17(23)21-19(25)20-15-7-3-2-4-8-15/h5-6,9-10,15H,2-4,7-8,11-12H2,1H3,(H2,20,21,23,25). The first kappa shape index (κ1) is 20.4. The molecule has 27 heavy (non-hydrogen) atoms. The van der Waals surface area contributed by atoms with E-state index in [-0.39, 0.29) is 11.8 Å². The lowest BCUT2D eigenvalue weighted by Crippen LogP contribution is -2.46. The summed E-state index contributed by atoms with van der Waals surface area (Å²) in [5.74, 6) is -1.25. The van der Waals surface area contributed by atoms with Crippen LogP contribution in [-0.4, -0.2) is 42.9 Å². The van der Waals surface area contributed by atoms with Crippen molar-refractivity contribution < 1.29 is 28.7 Å². The van der Waals surface area contributed by atoms with Crippen molar-refractivity contribution in [3.8, 4) is 5.75 Å². The molecule has 2 N–H and O–H groups in total. The van der Waals surface area contributed by atoms with Gasteiger partial charge in [0.1, 0.15) is 5.75 Å². The van der Waals surface area contributed by atoms with Crippen LogP contribution in [0.4, 0.5) is 4.79 Å². The second-order valence-electron chi connectivity index (χ2n) is 6.39. The summed E-state index contributed by atoms with van der Waals surface area (Å²) in [4.78, 5) is 46.3. The van der Waals surface area contributed by atoms with Gasteiger partial charge in [0.2, 0.25) is 0 Å². The number of benzene rings is 1. The molecule has 0 unspecified atom stereocenters. The highest BCUT2D eigenvalue weighted by Crippen LogP contribution is 2.17. The number of rotatable bonds is 7. The number of Topliss-reactive ketones (excluding diaryl/α,β-unsaturated/α-hetero) is 1. The fourth-order valence-corrected chi connectivity index (χ4v) is 2.77. The largest absolute Gasteiger partial charge is 0.482 e. The fourth-order valence-electron chi connectivity index (χ4n) is 2.77. The maximum Gasteiger partial charge on any atom is 0.344 e. The van der Waals surface area contributed by atoms with Crippen LogP contribution < -0.4 is 15.4 Å². The Morgan fingerprint density at radius 1 is 1.07 bits per heavy atom. The van der Waals surface area contributed by atoms with Crippen molar-refractivity contribution in [2.45, 2.75) is 45.1 Å². The van der Waals surface area contributed by atoms with Gasteiger partial charge in [0.05, 0.1) is 0 Å². The molecule has 0 atom stereocenters. The molecule has 146 valence electrons. The molecule has 8 heteroatoms. The molecule has 1 saturated carbocycles. The first-order valence-corrected chi connectivity index (χ1v) is 8.94. The molecular formula is C19H24N2O6. The van der Waals surface area contributed by atoms with Crippen molar-refractivity contribution in [1.82, 2.24) is 10.6 Å². The smallest absolute Gasteiger partial charge is 0.344 e. The van der Waals surface area contributed by atoms with Gasteiger partial charge in [-0.15, -0.1) is 0 Å². The third-order valence-corrected chi connectivity index (χ3v) is 4.15. The Kier molecular flexibility index (Phi) is 7.79. The molecular weight excluding hydrogens is 352 g/mol. The van der Waals surface area contributed by atoms with Crippen LogP contribution in [-0.2, 0) is 14.3 Å². The van der Waals surface area contributed by atoms with Crippen molar-refractivity contribution >= 4 is 23.7 Å². The first-order chi connectivity index (χ1) is 12.9. The number of carbonyl (C=O) groups is 4. The Balaban J connectivity index is 1.65. The van der Waals surface area contributed by atoms with Crippen LogP contribution in [0.1, 0.15) is 49.4 Å². The number of nitrogens with one attached hydrogen (secondary N) is 2. The minimum atomic E-state index is -0.758. The quantitative estimate of drug-likeness (QED) is 0.556. The Morgan fingerprint density at radius 2 is 1.81 bits per heavy atom. The number of ketones is 1. The fraction of sp³-hybridized carbons (Fsp3) is 0.474. The van der Waals surface area contributed by atoms with Gasteiger partial charge in [0, 0.05) is 11.6 Å². The number of hydrogen-bond acceptors (Lipinski definition) is 6. The van der Waals surface area contributed by atoms with Crippen molar-refractivity contribution in [3.05, 3.63) is 29.8 Å². The highest BCUT2D eigenvalue weighted by Gasteiger charge is 2.17. The molecule has 8 nitrogen and oxygen atoms in total. The average molecular weight is 376 g/mol. The van der Waals surface area contributed by atoms with Crippen LogP contribution in [0.25, 0.3) is 0 Å². The van der Waals surface area contributed by atoms with Gasteiger partial charge in [-0.2, -0.15) is 0 Å². The Hall–Kier alpha value is -2.90. The molecule has 1 aromatic carbocycles. The number of ether oxygens (including phenoxy) is 2.